The van der Waals surface area contributed by atoms with Crippen LogP contribution in [0.15, 0.2) is 52.0 Å². The molecule has 0 radical (unpaired) electrons. The minimum atomic E-state index is -0.812. The van der Waals surface area contributed by atoms with Crippen molar-refractivity contribution in [2.45, 2.75) is 25.7 Å². The highest BCUT2D eigenvalue weighted by atomic mass is 79.9. The number of Topliss-reactive ketones (excluding diaryl/α,β-unsaturated/α-hetero) is 1. The summed E-state index contributed by atoms with van der Waals surface area (Å²) in [5, 5.41) is -0.0586. The maximum atomic E-state index is 14.6. The summed E-state index contributed by atoms with van der Waals surface area (Å²) in [4.78, 5) is 38.6. The molecule has 4 rings (SSSR count). The number of ketones is 1. The lowest BCUT2D eigenvalue weighted by molar-refractivity contribution is -0.120. The third-order valence-electron chi connectivity index (χ3n) is 5.16. The van der Waals surface area contributed by atoms with E-state index in [1.165, 1.54) is 6.07 Å². The van der Waals surface area contributed by atoms with Gasteiger partial charge in [-0.25, -0.2) is 9.29 Å². The molecule has 8 heteroatoms. The van der Waals surface area contributed by atoms with Gasteiger partial charge < -0.3 is 4.74 Å². The molecule has 2 aromatic rings. The van der Waals surface area contributed by atoms with Gasteiger partial charge in [0, 0.05) is 27.2 Å². The molecule has 0 fully saturated rings. The molecule has 154 valence electrons. The lowest BCUT2D eigenvalue weighted by atomic mass is 9.93. The number of anilines is 1. The fourth-order valence-corrected chi connectivity index (χ4v) is 4.09. The summed E-state index contributed by atoms with van der Waals surface area (Å²) >= 11 is 9.37. The normalized spacial score (nSPS) is 16.2. The van der Waals surface area contributed by atoms with Crippen molar-refractivity contribution in [2.24, 2.45) is 0 Å². The van der Waals surface area contributed by atoms with Crippen molar-refractivity contribution in [3.63, 3.8) is 0 Å². The molecule has 0 N–H and O–H groups in total. The predicted molar refractivity (Wildman–Crippen MR) is 113 cm³/mol. The summed E-state index contributed by atoms with van der Waals surface area (Å²) in [5.41, 5.74) is 1.12. The molecule has 30 heavy (non-hydrogen) atoms. The maximum absolute atomic E-state index is 14.6. The first-order valence-corrected chi connectivity index (χ1v) is 10.6. The Morgan fingerprint density at radius 1 is 1.07 bits per heavy atom. The first-order chi connectivity index (χ1) is 14.4. The van der Waals surface area contributed by atoms with Crippen LogP contribution in [0.25, 0.3) is 0 Å². The lowest BCUT2D eigenvalue weighted by Gasteiger charge is -2.18. The Balaban J connectivity index is 1.57. The second-order valence-corrected chi connectivity index (χ2v) is 8.39. The molecule has 2 aromatic carbocycles. The fourth-order valence-electron chi connectivity index (χ4n) is 3.62. The molecule has 1 heterocycles. The minimum absolute atomic E-state index is 0.0176. The van der Waals surface area contributed by atoms with E-state index in [1.54, 1.807) is 24.3 Å². The summed E-state index contributed by atoms with van der Waals surface area (Å²) in [5.74, 6) is -2.10. The van der Waals surface area contributed by atoms with Gasteiger partial charge in [0.05, 0.1) is 10.7 Å². The topological polar surface area (TPSA) is 63.7 Å². The molecule has 0 spiro atoms. The highest BCUT2D eigenvalue weighted by Crippen LogP contribution is 2.39. The van der Waals surface area contributed by atoms with E-state index in [4.69, 9.17) is 16.3 Å². The lowest BCUT2D eigenvalue weighted by Crippen LogP contribution is -2.32. The van der Waals surface area contributed by atoms with Crippen molar-refractivity contribution in [3.8, 4) is 5.75 Å². The van der Waals surface area contributed by atoms with Crippen LogP contribution < -0.4 is 9.64 Å². The van der Waals surface area contributed by atoms with Crippen LogP contribution in [0.3, 0.4) is 0 Å². The molecule has 5 nitrogen and oxygen atoms in total. The van der Waals surface area contributed by atoms with Crippen LogP contribution in [-0.4, -0.2) is 24.2 Å². The standard InChI is InChI=1S/C22H16BrClFNO4/c23-13-7-5-12(6-8-13)19(27)11-30-20-10-18(17(25)9-16(20)24)26-21(28)14-3-1-2-4-15(14)22(26)29/h5-10H,1-4,11H2. The number of halogens is 3. The van der Waals surface area contributed by atoms with Gasteiger partial charge in [-0.1, -0.05) is 39.7 Å². The Labute approximate surface area is 185 Å². The summed E-state index contributed by atoms with van der Waals surface area (Å²) in [6.07, 6.45) is 2.66. The van der Waals surface area contributed by atoms with E-state index in [2.05, 4.69) is 15.9 Å². The Bertz CT molecular complexity index is 1070. The van der Waals surface area contributed by atoms with Crippen molar-refractivity contribution in [1.29, 1.82) is 0 Å². The third kappa shape index (κ3) is 3.79. The molecule has 0 aromatic heterocycles. The molecule has 0 unspecified atom stereocenters. The summed E-state index contributed by atoms with van der Waals surface area (Å²) in [7, 11) is 0. The second kappa shape index (κ2) is 8.32. The molecular weight excluding hydrogens is 477 g/mol. The van der Waals surface area contributed by atoms with Crippen molar-refractivity contribution in [1.82, 2.24) is 0 Å². The van der Waals surface area contributed by atoms with Gasteiger partial charge in [-0.15, -0.1) is 0 Å². The molecule has 2 amide bonds. The van der Waals surface area contributed by atoms with Crippen molar-refractivity contribution < 1.29 is 23.5 Å². The van der Waals surface area contributed by atoms with Gasteiger partial charge in [0.2, 0.25) is 0 Å². The first kappa shape index (κ1) is 20.8. The monoisotopic (exact) mass is 491 g/mol. The van der Waals surface area contributed by atoms with Gasteiger partial charge in [-0.05, 0) is 43.9 Å². The zero-order valence-corrected chi connectivity index (χ0v) is 18.1. The van der Waals surface area contributed by atoms with Gasteiger partial charge >= 0.3 is 0 Å². The van der Waals surface area contributed by atoms with Crippen molar-refractivity contribution in [2.75, 3.05) is 11.5 Å². The third-order valence-corrected chi connectivity index (χ3v) is 5.98. The van der Waals surface area contributed by atoms with Gasteiger partial charge in [-0.2, -0.15) is 0 Å². The van der Waals surface area contributed by atoms with E-state index in [1.807, 2.05) is 0 Å². The Kier molecular flexibility index (Phi) is 5.75. The highest BCUT2D eigenvalue weighted by Gasteiger charge is 2.41. The summed E-state index contributed by atoms with van der Waals surface area (Å²) < 4.78 is 21.0. The van der Waals surface area contributed by atoms with E-state index in [-0.39, 0.29) is 28.8 Å². The van der Waals surface area contributed by atoms with Crippen LogP contribution in [0.2, 0.25) is 5.02 Å². The number of nitrogens with zero attached hydrogens (tertiary/aromatic N) is 1. The largest absolute Gasteiger partial charge is 0.484 e. The van der Waals surface area contributed by atoms with Crippen LogP contribution >= 0.6 is 27.5 Å². The van der Waals surface area contributed by atoms with Crippen LogP contribution in [0.1, 0.15) is 36.0 Å². The quantitative estimate of drug-likeness (QED) is 0.423. The predicted octanol–water partition coefficient (Wildman–Crippen LogP) is 5.25. The average Bonchev–Trinajstić information content (AvgIpc) is 2.98. The number of imide groups is 1. The number of rotatable bonds is 5. The molecule has 0 saturated carbocycles. The first-order valence-electron chi connectivity index (χ1n) is 9.38. The smallest absolute Gasteiger partial charge is 0.261 e. The van der Waals surface area contributed by atoms with E-state index < -0.39 is 17.6 Å². The summed E-state index contributed by atoms with van der Waals surface area (Å²) in [6, 6.07) is 8.93. The second-order valence-electron chi connectivity index (χ2n) is 7.06. The molecule has 1 aliphatic heterocycles. The molecule has 0 atom stereocenters. The molecule has 0 saturated heterocycles. The van der Waals surface area contributed by atoms with Crippen molar-refractivity contribution in [3.05, 3.63) is 68.4 Å². The van der Waals surface area contributed by atoms with Crippen LogP contribution in [-0.2, 0) is 9.59 Å². The number of ether oxygens (including phenoxy) is 1. The van der Waals surface area contributed by atoms with Gasteiger partial charge in [0.25, 0.3) is 11.8 Å². The van der Waals surface area contributed by atoms with E-state index in [0.29, 0.717) is 29.6 Å². The zero-order chi connectivity index (χ0) is 21.4. The molecule has 2 aliphatic rings. The number of hydrogen-bond donors (Lipinski definition) is 0. The number of carbonyl (C=O) groups is 3. The van der Waals surface area contributed by atoms with Crippen LogP contribution in [0.4, 0.5) is 10.1 Å². The zero-order valence-electron chi connectivity index (χ0n) is 15.7. The number of carbonyl (C=O) groups excluding carboxylic acids is 3. The highest BCUT2D eigenvalue weighted by molar-refractivity contribution is 9.10. The van der Waals surface area contributed by atoms with Gasteiger partial charge in [0.1, 0.15) is 11.6 Å². The van der Waals surface area contributed by atoms with Crippen molar-refractivity contribution >= 4 is 50.8 Å². The van der Waals surface area contributed by atoms with E-state index in [0.717, 1.165) is 28.3 Å². The van der Waals surface area contributed by atoms with Gasteiger partial charge in [-0.3, -0.25) is 14.4 Å². The van der Waals surface area contributed by atoms with E-state index >= 15 is 0 Å². The summed E-state index contributed by atoms with van der Waals surface area (Å²) in [6.45, 7) is -0.330. The molecule has 1 aliphatic carbocycles. The SMILES string of the molecule is O=C(COc1cc(N2C(=O)C3=C(CCCC3)C2=O)c(F)cc1Cl)c1ccc(Br)cc1. The fraction of sp³-hybridized carbons (Fsp3) is 0.227. The number of benzene rings is 2. The number of amides is 2. The Morgan fingerprint density at radius 3 is 2.27 bits per heavy atom. The molecular formula is C22H16BrClFNO4. The Hall–Kier alpha value is -2.51. The maximum Gasteiger partial charge on any atom is 0.261 e. The Morgan fingerprint density at radius 2 is 1.67 bits per heavy atom. The minimum Gasteiger partial charge on any atom is -0.484 e. The number of hydrogen-bond acceptors (Lipinski definition) is 4. The average molecular weight is 493 g/mol. The van der Waals surface area contributed by atoms with Crippen LogP contribution in [0, 0.1) is 5.82 Å². The van der Waals surface area contributed by atoms with Crippen LogP contribution in [0.5, 0.6) is 5.75 Å². The molecule has 0 bridgehead atoms. The van der Waals surface area contributed by atoms with Gasteiger partial charge in [0.15, 0.2) is 12.4 Å². The van der Waals surface area contributed by atoms with E-state index in [9.17, 15) is 18.8 Å².